The predicted octanol–water partition coefficient (Wildman–Crippen LogP) is -1.02. The number of nitrogens with two attached hydrogens (primary N) is 1. The topological polar surface area (TPSA) is 59.5 Å². The molecule has 0 atom stereocenters. The minimum atomic E-state index is -0.254. The first-order valence-electron chi connectivity index (χ1n) is 2.61. The lowest BCUT2D eigenvalue weighted by atomic mass is 10.5. The lowest BCUT2D eigenvalue weighted by molar-refractivity contribution is -0.119. The summed E-state index contributed by atoms with van der Waals surface area (Å²) >= 11 is 0. The highest BCUT2D eigenvalue weighted by Crippen LogP contribution is 1.66. The number of hydrogen-bond donors (Lipinski definition) is 2. The van der Waals surface area contributed by atoms with Gasteiger partial charge in [0.2, 0.25) is 0 Å². The second-order valence-corrected chi connectivity index (χ2v) is 1.45. The minimum Gasteiger partial charge on any atom is -0.348 e. The van der Waals surface area contributed by atoms with Gasteiger partial charge in [-0.3, -0.25) is 4.79 Å². The fourth-order valence-corrected chi connectivity index (χ4v) is 0.339. The molecule has 0 aromatic rings. The number of rotatable bonds is 3. The zero-order valence-corrected chi connectivity index (χ0v) is 5.05. The molecule has 50 valence electrons. The van der Waals surface area contributed by atoms with Gasteiger partial charge in [-0.2, -0.15) is 0 Å². The summed E-state index contributed by atoms with van der Waals surface area (Å²) in [4.78, 5) is 13.3. The standard InChI is InChI=1S/C5H9N3O/c1-7-4-5(9)8-3-2-6/h2-4,6H2,(H,8,9). The Balaban J connectivity index is 3.19. The highest BCUT2D eigenvalue weighted by atomic mass is 16.1. The van der Waals surface area contributed by atoms with Crippen LogP contribution in [0.2, 0.25) is 0 Å². The molecule has 0 spiro atoms. The fourth-order valence-electron chi connectivity index (χ4n) is 0.339. The molecule has 0 saturated carbocycles. The van der Waals surface area contributed by atoms with Crippen molar-refractivity contribution in [3.8, 4) is 0 Å². The molecule has 0 aliphatic rings. The number of nitrogens with one attached hydrogen (secondary N) is 1. The van der Waals surface area contributed by atoms with Gasteiger partial charge in [-0.05, 0) is 0 Å². The van der Waals surface area contributed by atoms with Gasteiger partial charge in [-0.1, -0.05) is 0 Å². The average Bonchev–Trinajstić information content (AvgIpc) is 1.85. The zero-order chi connectivity index (χ0) is 7.11. The van der Waals surface area contributed by atoms with E-state index in [0.29, 0.717) is 13.1 Å². The van der Waals surface area contributed by atoms with Crippen molar-refractivity contribution < 1.29 is 4.79 Å². The van der Waals surface area contributed by atoms with Gasteiger partial charge >= 0.3 is 0 Å². The third-order valence-electron chi connectivity index (χ3n) is 0.689. The van der Waals surface area contributed by atoms with Gasteiger partial charge in [0.05, 0.1) is 0 Å². The minimum absolute atomic E-state index is 0.0972. The molecule has 0 fully saturated rings. The molecule has 4 nitrogen and oxygen atoms in total. The Morgan fingerprint density at radius 3 is 2.89 bits per heavy atom. The van der Waals surface area contributed by atoms with Crippen molar-refractivity contribution in [1.29, 1.82) is 0 Å². The molecule has 3 N–H and O–H groups in total. The Morgan fingerprint density at radius 1 is 1.78 bits per heavy atom. The van der Waals surface area contributed by atoms with Crippen molar-refractivity contribution in [2.24, 2.45) is 5.73 Å². The van der Waals surface area contributed by atoms with Crippen molar-refractivity contribution in [2.45, 2.75) is 0 Å². The fraction of sp³-hybridized carbons (Fsp3) is 0.600. The van der Waals surface area contributed by atoms with E-state index in [1.807, 2.05) is 0 Å². The van der Waals surface area contributed by atoms with Crippen LogP contribution < -0.4 is 11.1 Å². The maximum atomic E-state index is 10.4. The first-order valence-corrected chi connectivity index (χ1v) is 2.61. The Bertz CT molecular complexity index is 127. The molecule has 4 heteroatoms. The monoisotopic (exact) mass is 127 g/mol. The van der Waals surface area contributed by atoms with Crippen LogP contribution in [0.15, 0.2) is 0 Å². The molecule has 0 heterocycles. The van der Waals surface area contributed by atoms with E-state index in [-0.39, 0.29) is 12.5 Å². The van der Waals surface area contributed by atoms with Crippen LogP contribution in [0.4, 0.5) is 0 Å². The van der Waals surface area contributed by atoms with Crippen molar-refractivity contribution in [3.63, 3.8) is 0 Å². The molecule has 0 rings (SSSR count). The maximum absolute atomic E-state index is 10.4. The molecule has 0 bridgehead atoms. The predicted molar refractivity (Wildman–Crippen MR) is 33.5 cm³/mol. The van der Waals surface area contributed by atoms with Crippen LogP contribution in [0.1, 0.15) is 0 Å². The van der Waals surface area contributed by atoms with Crippen LogP contribution >= 0.6 is 0 Å². The highest BCUT2D eigenvalue weighted by Gasteiger charge is 1.98. The summed E-state index contributed by atoms with van der Waals surface area (Å²) in [6, 6.07) is 0. The van der Waals surface area contributed by atoms with Crippen molar-refractivity contribution >= 4 is 5.91 Å². The van der Waals surface area contributed by atoms with E-state index in [1.165, 1.54) is 0 Å². The number of carbonyl (C=O) groups is 1. The lowest BCUT2D eigenvalue weighted by Crippen LogP contribution is -2.30. The van der Waals surface area contributed by atoms with E-state index in [0.717, 1.165) is 0 Å². The summed E-state index contributed by atoms with van der Waals surface area (Å²) in [5.41, 5.74) is 5.08. The molecule has 0 radical (unpaired) electrons. The van der Waals surface area contributed by atoms with Gasteiger partial charge in [0.15, 0.2) is 0 Å². The molecule has 0 aliphatic heterocycles. The number of amides is 1. The first kappa shape index (κ1) is 7.92. The van der Waals surface area contributed by atoms with Crippen molar-refractivity contribution in [2.75, 3.05) is 19.6 Å². The van der Waals surface area contributed by atoms with Gasteiger partial charge in [0.1, 0.15) is 0 Å². The summed E-state index contributed by atoms with van der Waals surface area (Å²) in [5, 5.41) is 2.46. The van der Waals surface area contributed by atoms with Gasteiger partial charge in [-0.25, -0.2) is 6.57 Å². The van der Waals surface area contributed by atoms with Gasteiger partial charge < -0.3 is 15.9 Å². The smallest absolute Gasteiger partial charge is 0.300 e. The molecular formula is C5H9N3O. The summed E-state index contributed by atoms with van der Waals surface area (Å²) in [5.74, 6) is -0.254. The van der Waals surface area contributed by atoms with E-state index in [2.05, 4.69) is 10.2 Å². The normalized spacial score (nSPS) is 8.00. The first-order chi connectivity index (χ1) is 4.31. The second-order valence-electron chi connectivity index (χ2n) is 1.45. The average molecular weight is 127 g/mol. The Morgan fingerprint density at radius 2 is 2.44 bits per heavy atom. The van der Waals surface area contributed by atoms with E-state index >= 15 is 0 Å². The summed E-state index contributed by atoms with van der Waals surface area (Å²) in [7, 11) is 0. The van der Waals surface area contributed by atoms with Crippen LogP contribution in [0, 0.1) is 6.57 Å². The molecular weight excluding hydrogens is 118 g/mol. The van der Waals surface area contributed by atoms with Crippen molar-refractivity contribution in [1.82, 2.24) is 5.32 Å². The molecule has 0 unspecified atom stereocenters. The van der Waals surface area contributed by atoms with Gasteiger partial charge in [0, 0.05) is 13.1 Å². The van der Waals surface area contributed by atoms with E-state index in [4.69, 9.17) is 12.3 Å². The maximum Gasteiger partial charge on any atom is 0.300 e. The quantitative estimate of drug-likeness (QED) is 0.477. The summed E-state index contributed by atoms with van der Waals surface area (Å²) in [6.07, 6.45) is 0. The van der Waals surface area contributed by atoms with Gasteiger partial charge in [-0.15, -0.1) is 0 Å². The number of hydrogen-bond acceptors (Lipinski definition) is 2. The Labute approximate surface area is 53.9 Å². The third kappa shape index (κ3) is 4.78. The third-order valence-corrected chi connectivity index (χ3v) is 0.689. The molecule has 0 aliphatic carbocycles. The lowest BCUT2D eigenvalue weighted by Gasteiger charge is -1.94. The van der Waals surface area contributed by atoms with Crippen LogP contribution in [-0.4, -0.2) is 25.5 Å². The van der Waals surface area contributed by atoms with Crippen LogP contribution in [-0.2, 0) is 4.79 Å². The summed E-state index contributed by atoms with van der Waals surface area (Å²) in [6.45, 7) is 7.08. The van der Waals surface area contributed by atoms with E-state index in [9.17, 15) is 4.79 Å². The Kier molecular flexibility index (Phi) is 4.46. The van der Waals surface area contributed by atoms with Crippen LogP contribution in [0.3, 0.4) is 0 Å². The van der Waals surface area contributed by atoms with Crippen LogP contribution in [0.5, 0.6) is 0 Å². The van der Waals surface area contributed by atoms with Crippen LogP contribution in [0.25, 0.3) is 4.85 Å². The zero-order valence-electron chi connectivity index (χ0n) is 5.05. The number of carbonyl (C=O) groups excluding carboxylic acids is 1. The van der Waals surface area contributed by atoms with E-state index in [1.54, 1.807) is 0 Å². The SMILES string of the molecule is [C-]#[N+]CC(=O)NCCN. The number of nitrogens with zero attached hydrogens (tertiary/aromatic N) is 1. The van der Waals surface area contributed by atoms with Gasteiger partial charge in [0.25, 0.3) is 12.5 Å². The van der Waals surface area contributed by atoms with Crippen molar-refractivity contribution in [3.05, 3.63) is 11.4 Å². The molecule has 0 aromatic heterocycles. The highest BCUT2D eigenvalue weighted by molar-refractivity contribution is 5.79. The molecule has 0 aromatic carbocycles. The second kappa shape index (κ2) is 5.06. The molecule has 0 saturated heterocycles. The molecule has 9 heavy (non-hydrogen) atoms. The Hall–Kier alpha value is -1.08. The summed E-state index contributed by atoms with van der Waals surface area (Å²) < 4.78 is 0. The molecule has 1 amide bonds. The largest absolute Gasteiger partial charge is 0.348 e. The van der Waals surface area contributed by atoms with E-state index < -0.39 is 0 Å².